The van der Waals surface area contributed by atoms with Gasteiger partial charge in [0.25, 0.3) is 23.3 Å². The van der Waals surface area contributed by atoms with E-state index < -0.39 is 41.2 Å². The smallest absolute Gasteiger partial charge is 0.274 e. The number of aromatic nitrogens is 2. The van der Waals surface area contributed by atoms with Crippen molar-refractivity contribution in [2.24, 2.45) is 0 Å². The number of likely N-dealkylation sites (tertiary alicyclic amines) is 1. The molecule has 40 heavy (non-hydrogen) atoms. The van der Waals surface area contributed by atoms with Crippen molar-refractivity contribution in [2.45, 2.75) is 25.1 Å². The molecule has 208 valence electrons. The van der Waals surface area contributed by atoms with Gasteiger partial charge in [-0.25, -0.2) is 9.49 Å². The normalized spacial score (nSPS) is 19.3. The minimum Gasteiger partial charge on any atom is -0.493 e. The average Bonchev–Trinajstić information content (AvgIpc) is 2.95. The van der Waals surface area contributed by atoms with Gasteiger partial charge in [-0.2, -0.15) is 5.10 Å². The van der Waals surface area contributed by atoms with E-state index in [1.54, 1.807) is 12.1 Å². The Morgan fingerprint density at radius 1 is 1.12 bits per heavy atom. The van der Waals surface area contributed by atoms with Gasteiger partial charge in [0.1, 0.15) is 23.4 Å². The van der Waals surface area contributed by atoms with Gasteiger partial charge in [0, 0.05) is 43.8 Å². The SMILES string of the molecule is COc1ccc2cc1OCC(=O)NCc1cc(F)cc(c1)O[C@@H]1CCN(C(=O)c3ccc(=O)[nH]n3)C[C@@H]1NC2=O. The summed E-state index contributed by atoms with van der Waals surface area (Å²) >= 11 is 0. The zero-order valence-electron chi connectivity index (χ0n) is 21.4. The fourth-order valence-corrected chi connectivity index (χ4v) is 4.56. The van der Waals surface area contributed by atoms with Crippen molar-refractivity contribution in [3.05, 3.63) is 81.5 Å². The minimum absolute atomic E-state index is 0.0345. The van der Waals surface area contributed by atoms with Gasteiger partial charge < -0.3 is 29.7 Å². The Balaban J connectivity index is 1.47. The number of amides is 3. The lowest BCUT2D eigenvalue weighted by Gasteiger charge is -2.38. The van der Waals surface area contributed by atoms with Crippen molar-refractivity contribution in [3.63, 3.8) is 0 Å². The van der Waals surface area contributed by atoms with Crippen LogP contribution in [0.15, 0.2) is 53.3 Å². The molecule has 0 saturated carbocycles. The molecule has 13 heteroatoms. The second-order valence-corrected chi connectivity index (χ2v) is 9.31. The summed E-state index contributed by atoms with van der Waals surface area (Å²) in [6.07, 6.45) is -0.317. The van der Waals surface area contributed by atoms with Crippen molar-refractivity contribution < 1.29 is 33.0 Å². The Morgan fingerprint density at radius 2 is 1.98 bits per heavy atom. The van der Waals surface area contributed by atoms with Crippen molar-refractivity contribution in [2.75, 3.05) is 26.8 Å². The number of ether oxygens (including phenoxy) is 3. The predicted octanol–water partition coefficient (Wildman–Crippen LogP) is 1.02. The monoisotopic (exact) mass is 551 g/mol. The van der Waals surface area contributed by atoms with Crippen LogP contribution >= 0.6 is 0 Å². The number of hydrogen-bond donors (Lipinski definition) is 3. The molecule has 2 aliphatic rings. The summed E-state index contributed by atoms with van der Waals surface area (Å²) in [5, 5.41) is 11.6. The first-order valence-electron chi connectivity index (χ1n) is 12.5. The number of nitrogens with zero attached hydrogens (tertiary/aromatic N) is 2. The summed E-state index contributed by atoms with van der Waals surface area (Å²) in [6.45, 7) is -0.00332. The van der Waals surface area contributed by atoms with E-state index in [0.717, 1.165) is 0 Å². The Bertz CT molecular complexity index is 1490. The van der Waals surface area contributed by atoms with Crippen LogP contribution in [0, 0.1) is 5.82 Å². The second-order valence-electron chi connectivity index (χ2n) is 9.31. The molecule has 12 nitrogen and oxygen atoms in total. The van der Waals surface area contributed by atoms with Crippen molar-refractivity contribution >= 4 is 17.7 Å². The van der Waals surface area contributed by atoms with Crippen LogP contribution in [0.25, 0.3) is 0 Å². The highest BCUT2D eigenvalue weighted by Crippen LogP contribution is 2.29. The predicted molar refractivity (Wildman–Crippen MR) is 138 cm³/mol. The third-order valence-corrected chi connectivity index (χ3v) is 6.54. The number of hydrogen-bond acceptors (Lipinski definition) is 8. The summed E-state index contributed by atoms with van der Waals surface area (Å²) in [6, 6.07) is 10.5. The van der Waals surface area contributed by atoms with Crippen LogP contribution in [0.3, 0.4) is 0 Å². The minimum atomic E-state index is -0.696. The Labute approximate surface area is 227 Å². The number of rotatable bonds is 2. The topological polar surface area (TPSA) is 152 Å². The van der Waals surface area contributed by atoms with E-state index in [-0.39, 0.29) is 49.0 Å². The van der Waals surface area contributed by atoms with E-state index >= 15 is 0 Å². The highest BCUT2D eigenvalue weighted by Gasteiger charge is 2.35. The fraction of sp³-hybridized carbons (Fsp3) is 0.296. The first-order valence-corrected chi connectivity index (χ1v) is 12.5. The molecule has 1 aromatic heterocycles. The maximum atomic E-state index is 14.4. The number of methoxy groups -OCH3 is 1. The molecule has 3 N–H and O–H groups in total. The van der Waals surface area contributed by atoms with E-state index in [1.807, 2.05) is 0 Å². The summed E-state index contributed by atoms with van der Waals surface area (Å²) < 4.78 is 31.5. The van der Waals surface area contributed by atoms with Gasteiger partial charge in [0.15, 0.2) is 18.1 Å². The lowest BCUT2D eigenvalue weighted by molar-refractivity contribution is -0.123. The molecule has 0 spiro atoms. The van der Waals surface area contributed by atoms with Gasteiger partial charge in [-0.15, -0.1) is 0 Å². The number of benzene rings is 2. The summed E-state index contributed by atoms with van der Waals surface area (Å²) in [4.78, 5) is 51.7. The number of H-pyrrole nitrogens is 1. The first-order chi connectivity index (χ1) is 19.3. The molecule has 4 bridgehead atoms. The molecule has 3 aromatic rings. The molecule has 2 aliphatic heterocycles. The third-order valence-electron chi connectivity index (χ3n) is 6.54. The molecule has 0 unspecified atom stereocenters. The van der Waals surface area contributed by atoms with E-state index in [0.29, 0.717) is 17.7 Å². The van der Waals surface area contributed by atoms with Gasteiger partial charge in [-0.05, 0) is 42.0 Å². The molecular weight excluding hydrogens is 525 g/mol. The van der Waals surface area contributed by atoms with Gasteiger partial charge in [0.05, 0.1) is 13.2 Å². The molecule has 1 fully saturated rings. The zero-order chi connectivity index (χ0) is 28.2. The quantitative estimate of drug-likeness (QED) is 0.427. The molecule has 0 aliphatic carbocycles. The van der Waals surface area contributed by atoms with Crippen molar-refractivity contribution in [3.8, 4) is 17.2 Å². The first kappa shape index (κ1) is 26.7. The highest BCUT2D eigenvalue weighted by molar-refractivity contribution is 5.95. The molecular formula is C27H26FN5O7. The van der Waals surface area contributed by atoms with Gasteiger partial charge in [-0.3, -0.25) is 19.2 Å². The Morgan fingerprint density at radius 3 is 2.75 bits per heavy atom. The molecule has 2 atom stereocenters. The number of carbonyl (C=O) groups excluding carboxylic acids is 3. The number of carbonyl (C=O) groups is 3. The molecule has 0 radical (unpaired) electrons. The summed E-state index contributed by atoms with van der Waals surface area (Å²) in [5.41, 5.74) is 0.297. The van der Waals surface area contributed by atoms with Crippen molar-refractivity contribution in [1.29, 1.82) is 0 Å². The maximum absolute atomic E-state index is 14.4. The second kappa shape index (κ2) is 11.4. The largest absolute Gasteiger partial charge is 0.493 e. The Hall–Kier alpha value is -4.94. The van der Waals surface area contributed by atoms with Gasteiger partial charge in [-0.1, -0.05) is 0 Å². The van der Waals surface area contributed by atoms with E-state index in [2.05, 4.69) is 20.8 Å². The summed E-state index contributed by atoms with van der Waals surface area (Å²) in [5.74, 6) is -1.21. The van der Waals surface area contributed by atoms with E-state index in [1.165, 1.54) is 48.4 Å². The van der Waals surface area contributed by atoms with E-state index in [4.69, 9.17) is 14.2 Å². The summed E-state index contributed by atoms with van der Waals surface area (Å²) in [7, 11) is 1.43. The molecule has 1 saturated heterocycles. The maximum Gasteiger partial charge on any atom is 0.274 e. The van der Waals surface area contributed by atoms with Gasteiger partial charge in [0.2, 0.25) is 0 Å². The zero-order valence-corrected chi connectivity index (χ0v) is 21.4. The highest BCUT2D eigenvalue weighted by atomic mass is 19.1. The molecule has 3 heterocycles. The lowest BCUT2D eigenvalue weighted by Crippen LogP contribution is -2.58. The van der Waals surface area contributed by atoms with Crippen LogP contribution in [0.4, 0.5) is 4.39 Å². The Kier molecular flexibility index (Phi) is 7.62. The number of halogens is 1. The van der Waals surface area contributed by atoms with E-state index in [9.17, 15) is 23.6 Å². The molecule has 5 rings (SSSR count). The number of aromatic amines is 1. The number of nitrogens with one attached hydrogen (secondary N) is 3. The number of piperidine rings is 1. The van der Waals surface area contributed by atoms with Crippen LogP contribution in [0.5, 0.6) is 17.2 Å². The standard InChI is InChI=1S/C27H26FN5O7/c1-38-22-4-2-16-10-23(22)39-14-25(35)29-12-15-8-17(28)11-18(9-15)40-21-6-7-33(13-20(21)30-26(16)36)27(37)19-3-5-24(34)32-31-19/h2-5,8-11,20-21H,6-7,12-14H2,1H3,(H,29,35)(H,30,36)(H,32,34)/t20-,21+/m0/s1. The molecule has 3 amide bonds. The van der Waals surface area contributed by atoms with Gasteiger partial charge >= 0.3 is 0 Å². The average molecular weight is 552 g/mol. The molecule has 2 aromatic carbocycles. The van der Waals surface area contributed by atoms with Crippen LogP contribution in [0.1, 0.15) is 32.8 Å². The third kappa shape index (κ3) is 6.03. The van der Waals surface area contributed by atoms with Crippen LogP contribution in [-0.4, -0.2) is 71.8 Å². The van der Waals surface area contributed by atoms with Crippen LogP contribution in [-0.2, 0) is 11.3 Å². The van der Waals surface area contributed by atoms with Crippen LogP contribution < -0.4 is 30.4 Å². The van der Waals surface area contributed by atoms with Crippen molar-refractivity contribution in [1.82, 2.24) is 25.7 Å². The lowest BCUT2D eigenvalue weighted by atomic mass is 10.0. The fourth-order valence-electron chi connectivity index (χ4n) is 4.56. The number of fused-ring (bicyclic) bond motifs is 5. The van der Waals surface area contributed by atoms with Crippen LogP contribution in [0.2, 0.25) is 0 Å².